The van der Waals surface area contributed by atoms with E-state index in [-0.39, 0.29) is 22.0 Å². The van der Waals surface area contributed by atoms with Crippen molar-refractivity contribution in [3.8, 4) is 0 Å². The molecule has 0 aliphatic carbocycles. The first-order chi connectivity index (χ1) is 16.7. The van der Waals surface area contributed by atoms with Crippen LogP contribution in [0.3, 0.4) is 0 Å². The highest BCUT2D eigenvalue weighted by atomic mass is 16.4. The van der Waals surface area contributed by atoms with Crippen LogP contribution in [-0.4, -0.2) is 58.5 Å². The molecule has 0 radical (unpaired) electrons. The maximum atomic E-state index is 12.9. The minimum atomic E-state index is -1.50. The van der Waals surface area contributed by atoms with Gasteiger partial charge in [-0.2, -0.15) is 0 Å². The van der Waals surface area contributed by atoms with E-state index < -0.39 is 35.9 Å². The lowest BCUT2D eigenvalue weighted by molar-refractivity contribution is -0.151. The molecule has 0 atom stereocenters. The predicted molar refractivity (Wildman–Crippen MR) is 136 cm³/mol. The van der Waals surface area contributed by atoms with Gasteiger partial charge < -0.3 is 15.1 Å². The monoisotopic (exact) mass is 492 g/mol. The fourth-order valence-electron chi connectivity index (χ4n) is 5.37. The van der Waals surface area contributed by atoms with Crippen molar-refractivity contribution in [3.63, 3.8) is 0 Å². The zero-order chi connectivity index (χ0) is 26.6. The van der Waals surface area contributed by atoms with Gasteiger partial charge in [0.25, 0.3) is 11.8 Å². The van der Waals surface area contributed by atoms with Crippen LogP contribution in [0.4, 0.5) is 5.69 Å². The Morgan fingerprint density at radius 2 is 1.53 bits per heavy atom. The van der Waals surface area contributed by atoms with E-state index in [1.165, 1.54) is 29.8 Å². The van der Waals surface area contributed by atoms with E-state index in [1.807, 2.05) is 6.08 Å². The number of carbonyl (C=O) groups is 4. The lowest BCUT2D eigenvalue weighted by Gasteiger charge is -2.48. The van der Waals surface area contributed by atoms with Crippen molar-refractivity contribution in [3.05, 3.63) is 57.7 Å². The van der Waals surface area contributed by atoms with E-state index in [2.05, 4.69) is 44.7 Å². The maximum absolute atomic E-state index is 12.9. The molecule has 2 N–H and O–H groups in total. The second-order valence-electron chi connectivity index (χ2n) is 11.1. The number of carboxylic acid groups (broad SMARTS) is 2. The van der Waals surface area contributed by atoms with Crippen molar-refractivity contribution >= 4 is 35.5 Å². The van der Waals surface area contributed by atoms with Crippen LogP contribution in [-0.2, 0) is 30.0 Å². The van der Waals surface area contributed by atoms with E-state index in [1.54, 1.807) is 6.08 Å². The minimum Gasteiger partial charge on any atom is -0.480 e. The molecule has 0 unspecified atom stereocenters. The molecule has 4 rings (SSSR count). The van der Waals surface area contributed by atoms with E-state index in [0.717, 1.165) is 31.5 Å². The van der Waals surface area contributed by atoms with Gasteiger partial charge in [-0.05, 0) is 71.1 Å². The molecule has 1 aromatic rings. The quantitative estimate of drug-likeness (QED) is 0.366. The van der Waals surface area contributed by atoms with E-state index >= 15 is 0 Å². The largest absolute Gasteiger partial charge is 0.480 e. The Hall–Kier alpha value is -3.68. The Labute approximate surface area is 210 Å². The predicted octanol–water partition coefficient (Wildman–Crippen LogP) is 3.65. The Bertz CT molecular complexity index is 1240. The van der Waals surface area contributed by atoms with E-state index in [0.29, 0.717) is 4.90 Å². The molecular formula is C28H32N2O6. The third kappa shape index (κ3) is 4.25. The summed E-state index contributed by atoms with van der Waals surface area (Å²) in [5.74, 6) is -4.85. The number of nitrogens with zero attached hydrogens (tertiary/aromatic N) is 2. The highest BCUT2D eigenvalue weighted by Gasteiger charge is 2.41. The van der Waals surface area contributed by atoms with Gasteiger partial charge in [-0.25, -0.2) is 4.79 Å². The number of aliphatic carboxylic acids is 2. The normalized spacial score (nSPS) is 21.9. The van der Waals surface area contributed by atoms with E-state index in [4.69, 9.17) is 5.11 Å². The molecular weight excluding hydrogens is 460 g/mol. The average Bonchev–Trinajstić information content (AvgIpc) is 2.77. The summed E-state index contributed by atoms with van der Waals surface area (Å²) < 4.78 is 0. The van der Waals surface area contributed by atoms with Gasteiger partial charge in [0.05, 0.1) is 0 Å². The number of hydrogen-bond acceptors (Lipinski definition) is 5. The van der Waals surface area contributed by atoms with Gasteiger partial charge in [-0.3, -0.25) is 19.3 Å². The summed E-state index contributed by atoms with van der Waals surface area (Å²) in [6, 6.07) is 4.35. The second-order valence-corrected chi connectivity index (χ2v) is 11.1. The number of rotatable bonds is 5. The van der Waals surface area contributed by atoms with Crippen LogP contribution in [0, 0.1) is 0 Å². The van der Waals surface area contributed by atoms with Crippen LogP contribution in [0.1, 0.15) is 64.2 Å². The number of amides is 2. The summed E-state index contributed by atoms with van der Waals surface area (Å²) in [5.41, 5.74) is 4.31. The molecule has 3 aliphatic rings. The standard InChI is InChI=1S/C28H32N2O6/c1-16-18(24(33)30(15-21(31)32)25(34)22(16)26(35)36)8-6-7-17-13-19-23-20(14-17)28(4,5)10-12-29(23)11-9-27(19,2)3/h6-8,13-14H,9-12,15H2,1-5H3,(H,31,32)(H,35,36)/b7-6+,18-8-. The van der Waals surface area contributed by atoms with Crippen molar-refractivity contribution in [2.24, 2.45) is 0 Å². The summed E-state index contributed by atoms with van der Waals surface area (Å²) >= 11 is 0. The Morgan fingerprint density at radius 1 is 0.972 bits per heavy atom. The van der Waals surface area contributed by atoms with Crippen LogP contribution < -0.4 is 4.90 Å². The minimum absolute atomic E-state index is 0.0160. The molecule has 0 bridgehead atoms. The topological polar surface area (TPSA) is 115 Å². The molecule has 3 heterocycles. The highest BCUT2D eigenvalue weighted by molar-refractivity contribution is 6.27. The summed E-state index contributed by atoms with van der Waals surface area (Å²) in [6.45, 7) is 11.6. The average molecular weight is 493 g/mol. The molecule has 3 aliphatic heterocycles. The van der Waals surface area contributed by atoms with Crippen molar-refractivity contribution in [1.29, 1.82) is 0 Å². The van der Waals surface area contributed by atoms with Crippen molar-refractivity contribution < 1.29 is 29.4 Å². The first-order valence-corrected chi connectivity index (χ1v) is 12.1. The molecule has 0 fully saturated rings. The third-order valence-corrected chi connectivity index (χ3v) is 7.69. The Balaban J connectivity index is 1.78. The lowest BCUT2D eigenvalue weighted by atomic mass is 9.69. The molecule has 8 heteroatoms. The number of anilines is 1. The van der Waals surface area contributed by atoms with Gasteiger partial charge in [0.2, 0.25) is 0 Å². The number of imide groups is 1. The molecule has 0 aromatic heterocycles. The van der Waals surface area contributed by atoms with Crippen LogP contribution in [0.5, 0.6) is 0 Å². The maximum Gasteiger partial charge on any atom is 0.341 e. The number of allylic oxidation sites excluding steroid dienone is 2. The van der Waals surface area contributed by atoms with Gasteiger partial charge in [-0.15, -0.1) is 0 Å². The van der Waals surface area contributed by atoms with E-state index in [9.17, 15) is 24.3 Å². The summed E-state index contributed by atoms with van der Waals surface area (Å²) in [4.78, 5) is 51.2. The molecule has 8 nitrogen and oxygen atoms in total. The highest BCUT2D eigenvalue weighted by Crippen LogP contribution is 2.49. The molecule has 36 heavy (non-hydrogen) atoms. The van der Waals surface area contributed by atoms with Gasteiger partial charge in [0.15, 0.2) is 0 Å². The SMILES string of the molecule is CC1=C(C(=O)O)C(=O)N(CC(=O)O)C(=O)/C1=C\C=C\c1cc2c3c(c1)C(C)(C)CCN3CCC2(C)C. The number of carboxylic acids is 2. The number of benzene rings is 1. The van der Waals surface area contributed by atoms with Gasteiger partial charge >= 0.3 is 11.9 Å². The lowest BCUT2D eigenvalue weighted by Crippen LogP contribution is -2.46. The fourth-order valence-corrected chi connectivity index (χ4v) is 5.37. The second kappa shape index (κ2) is 8.76. The van der Waals surface area contributed by atoms with Crippen LogP contribution >= 0.6 is 0 Å². The van der Waals surface area contributed by atoms with Crippen molar-refractivity contribution in [2.45, 2.75) is 58.3 Å². The molecule has 0 saturated carbocycles. The molecule has 0 saturated heterocycles. The Kier molecular flexibility index (Phi) is 6.19. The third-order valence-electron chi connectivity index (χ3n) is 7.69. The zero-order valence-corrected chi connectivity index (χ0v) is 21.3. The van der Waals surface area contributed by atoms with Gasteiger partial charge in [0, 0.05) is 24.4 Å². The van der Waals surface area contributed by atoms with Gasteiger partial charge in [-0.1, -0.05) is 39.8 Å². The number of carbonyl (C=O) groups excluding carboxylic acids is 2. The fraction of sp³-hybridized carbons (Fsp3) is 0.429. The molecule has 0 spiro atoms. The van der Waals surface area contributed by atoms with Crippen LogP contribution in [0.2, 0.25) is 0 Å². The first kappa shape index (κ1) is 25.4. The molecule has 2 amide bonds. The molecule has 190 valence electrons. The number of hydrogen-bond donors (Lipinski definition) is 2. The van der Waals surface area contributed by atoms with Gasteiger partial charge in [0.1, 0.15) is 12.1 Å². The van der Waals surface area contributed by atoms with Crippen LogP contribution in [0.25, 0.3) is 6.08 Å². The summed E-state index contributed by atoms with van der Waals surface area (Å²) in [5, 5.41) is 18.6. The first-order valence-electron chi connectivity index (χ1n) is 12.1. The molecule has 1 aromatic carbocycles. The van der Waals surface area contributed by atoms with Crippen molar-refractivity contribution in [1.82, 2.24) is 4.90 Å². The summed E-state index contributed by atoms with van der Waals surface area (Å²) in [7, 11) is 0. The summed E-state index contributed by atoms with van der Waals surface area (Å²) in [6.07, 6.45) is 7.09. The van der Waals surface area contributed by atoms with Crippen molar-refractivity contribution in [2.75, 3.05) is 24.5 Å². The Morgan fingerprint density at radius 3 is 2.03 bits per heavy atom. The van der Waals surface area contributed by atoms with Crippen LogP contribution in [0.15, 0.2) is 41.0 Å². The smallest absolute Gasteiger partial charge is 0.341 e. The zero-order valence-electron chi connectivity index (χ0n) is 21.3.